The van der Waals surface area contributed by atoms with E-state index in [0.717, 1.165) is 18.0 Å². The minimum absolute atomic E-state index is 0.140. The van der Waals surface area contributed by atoms with Crippen molar-refractivity contribution in [3.63, 3.8) is 0 Å². The van der Waals surface area contributed by atoms with Crippen LogP contribution in [0.3, 0.4) is 0 Å². The van der Waals surface area contributed by atoms with Gasteiger partial charge in [-0.15, -0.1) is 0 Å². The second kappa shape index (κ2) is 5.58. The quantitative estimate of drug-likeness (QED) is 0.762. The van der Waals surface area contributed by atoms with E-state index in [0.29, 0.717) is 5.56 Å². The molecule has 8 heteroatoms. The van der Waals surface area contributed by atoms with Crippen LogP contribution in [0.1, 0.15) is 5.56 Å². The van der Waals surface area contributed by atoms with Crippen LogP contribution in [0.4, 0.5) is 19.0 Å². The highest BCUT2D eigenvalue weighted by Gasteiger charge is 2.32. The Morgan fingerprint density at radius 3 is 2.39 bits per heavy atom. The van der Waals surface area contributed by atoms with Gasteiger partial charge >= 0.3 is 6.18 Å². The van der Waals surface area contributed by atoms with Gasteiger partial charge in [-0.1, -0.05) is 29.8 Å². The number of nitrogens with zero attached hydrogens (tertiary/aromatic N) is 3. The van der Waals surface area contributed by atoms with Gasteiger partial charge in [-0.2, -0.15) is 18.3 Å². The van der Waals surface area contributed by atoms with Gasteiger partial charge in [0.1, 0.15) is 5.82 Å². The maximum atomic E-state index is 12.7. The van der Waals surface area contributed by atoms with Crippen molar-refractivity contribution in [2.45, 2.75) is 6.18 Å². The van der Waals surface area contributed by atoms with Gasteiger partial charge in [-0.25, -0.2) is 4.68 Å². The van der Waals surface area contributed by atoms with Gasteiger partial charge in [0, 0.05) is 6.20 Å². The van der Waals surface area contributed by atoms with E-state index < -0.39 is 11.7 Å². The third kappa shape index (κ3) is 2.87. The summed E-state index contributed by atoms with van der Waals surface area (Å²) in [6.45, 7) is 0. The van der Waals surface area contributed by atoms with Crippen molar-refractivity contribution in [3.8, 4) is 16.9 Å². The van der Waals surface area contributed by atoms with Crippen LogP contribution in [0.25, 0.3) is 16.9 Å². The first kappa shape index (κ1) is 15.4. The number of alkyl halides is 3. The summed E-state index contributed by atoms with van der Waals surface area (Å²) < 4.78 is 39.5. The second-order valence-electron chi connectivity index (χ2n) is 4.74. The third-order valence-electron chi connectivity index (χ3n) is 3.23. The molecule has 0 atom stereocenters. The summed E-state index contributed by atoms with van der Waals surface area (Å²) in [6.07, 6.45) is -2.36. The average Bonchev–Trinajstić information content (AvgIpc) is 2.89. The van der Waals surface area contributed by atoms with Gasteiger partial charge in [0.15, 0.2) is 0 Å². The summed E-state index contributed by atoms with van der Waals surface area (Å²) in [5, 5.41) is 4.01. The molecule has 0 unspecified atom stereocenters. The summed E-state index contributed by atoms with van der Waals surface area (Å²) in [5.74, 6) is 0.241. The molecule has 1 aromatic carbocycles. The van der Waals surface area contributed by atoms with E-state index in [1.165, 1.54) is 10.9 Å². The molecule has 0 bridgehead atoms. The van der Waals surface area contributed by atoms with Crippen molar-refractivity contribution in [2.24, 2.45) is 0 Å². The molecule has 2 N–H and O–H groups in total. The predicted molar refractivity (Wildman–Crippen MR) is 81.2 cm³/mol. The maximum Gasteiger partial charge on any atom is 0.417 e. The smallest absolute Gasteiger partial charge is 0.383 e. The molecule has 0 aliphatic carbocycles. The molecule has 2 heterocycles. The van der Waals surface area contributed by atoms with Crippen LogP contribution in [0.2, 0.25) is 5.02 Å². The van der Waals surface area contributed by atoms with Crippen molar-refractivity contribution in [1.29, 1.82) is 0 Å². The number of benzene rings is 1. The van der Waals surface area contributed by atoms with Gasteiger partial charge < -0.3 is 5.73 Å². The zero-order valence-electron chi connectivity index (χ0n) is 11.5. The minimum Gasteiger partial charge on any atom is -0.383 e. The Morgan fingerprint density at radius 1 is 1.09 bits per heavy atom. The highest BCUT2D eigenvalue weighted by Crippen LogP contribution is 2.36. The van der Waals surface area contributed by atoms with E-state index in [1.807, 2.05) is 18.2 Å². The Bertz CT molecular complexity index is 844. The van der Waals surface area contributed by atoms with E-state index in [-0.39, 0.29) is 16.5 Å². The number of hydrogen-bond acceptors (Lipinski definition) is 3. The van der Waals surface area contributed by atoms with Crippen LogP contribution >= 0.6 is 11.6 Å². The number of para-hydroxylation sites is 1. The number of rotatable bonds is 2. The summed E-state index contributed by atoms with van der Waals surface area (Å²) in [5.41, 5.74) is 6.37. The first-order chi connectivity index (χ1) is 10.9. The summed E-state index contributed by atoms with van der Waals surface area (Å²) in [7, 11) is 0. The largest absolute Gasteiger partial charge is 0.417 e. The van der Waals surface area contributed by atoms with Crippen LogP contribution in [0.5, 0.6) is 0 Å². The molecule has 0 amide bonds. The average molecular weight is 339 g/mol. The molecule has 0 aliphatic heterocycles. The molecule has 3 rings (SSSR count). The van der Waals surface area contributed by atoms with Crippen molar-refractivity contribution < 1.29 is 13.2 Å². The Labute approximate surface area is 134 Å². The lowest BCUT2D eigenvalue weighted by molar-refractivity contribution is -0.137. The van der Waals surface area contributed by atoms with E-state index in [9.17, 15) is 13.2 Å². The molecule has 3 aromatic rings. The second-order valence-corrected chi connectivity index (χ2v) is 5.15. The van der Waals surface area contributed by atoms with E-state index >= 15 is 0 Å². The fourth-order valence-electron chi connectivity index (χ4n) is 2.11. The van der Waals surface area contributed by atoms with Crippen LogP contribution < -0.4 is 5.73 Å². The van der Waals surface area contributed by atoms with Crippen molar-refractivity contribution in [1.82, 2.24) is 14.8 Å². The van der Waals surface area contributed by atoms with Gasteiger partial charge in [0.05, 0.1) is 33.7 Å². The standard InChI is InChI=1S/C15H10ClF3N4/c16-12-6-9(15(17,18)19)7-21-13(12)11-8-22-23(14(11)20)10-4-2-1-3-5-10/h1-8H,20H2. The lowest BCUT2D eigenvalue weighted by Crippen LogP contribution is -2.06. The number of hydrogen-bond donors (Lipinski definition) is 1. The fourth-order valence-corrected chi connectivity index (χ4v) is 2.37. The first-order valence-corrected chi connectivity index (χ1v) is 6.88. The summed E-state index contributed by atoms with van der Waals surface area (Å²) in [4.78, 5) is 3.80. The number of aromatic nitrogens is 3. The molecule has 23 heavy (non-hydrogen) atoms. The van der Waals surface area contributed by atoms with Gasteiger partial charge in [-0.05, 0) is 18.2 Å². The van der Waals surface area contributed by atoms with Crippen molar-refractivity contribution >= 4 is 17.4 Å². The molecule has 0 aliphatic rings. The summed E-state index contributed by atoms with van der Waals surface area (Å²) >= 11 is 5.94. The zero-order chi connectivity index (χ0) is 16.6. The Hall–Kier alpha value is -2.54. The highest BCUT2D eigenvalue weighted by molar-refractivity contribution is 6.33. The van der Waals surface area contributed by atoms with Crippen LogP contribution in [0, 0.1) is 0 Å². The van der Waals surface area contributed by atoms with Crippen LogP contribution in [0.15, 0.2) is 48.8 Å². The molecule has 4 nitrogen and oxygen atoms in total. The molecular weight excluding hydrogens is 329 g/mol. The normalized spacial score (nSPS) is 11.7. The minimum atomic E-state index is -4.51. The molecule has 0 spiro atoms. The molecule has 0 saturated heterocycles. The van der Waals surface area contributed by atoms with Crippen molar-refractivity contribution in [2.75, 3.05) is 5.73 Å². The molecule has 2 aromatic heterocycles. The number of pyridine rings is 1. The zero-order valence-corrected chi connectivity index (χ0v) is 12.3. The summed E-state index contributed by atoms with van der Waals surface area (Å²) in [6, 6.07) is 9.91. The van der Waals surface area contributed by atoms with E-state index in [1.54, 1.807) is 12.1 Å². The maximum absolute atomic E-state index is 12.7. The number of halogens is 4. The highest BCUT2D eigenvalue weighted by atomic mass is 35.5. The predicted octanol–water partition coefficient (Wildman–Crippen LogP) is 4.19. The SMILES string of the molecule is Nc1c(-c2ncc(C(F)(F)F)cc2Cl)cnn1-c1ccccc1. The monoisotopic (exact) mass is 338 g/mol. The van der Waals surface area contributed by atoms with E-state index in [4.69, 9.17) is 17.3 Å². The molecule has 0 fully saturated rings. The van der Waals surface area contributed by atoms with Crippen LogP contribution in [-0.4, -0.2) is 14.8 Å². The number of nitrogen functional groups attached to an aromatic ring is 1. The first-order valence-electron chi connectivity index (χ1n) is 6.50. The topological polar surface area (TPSA) is 56.7 Å². The Kier molecular flexibility index (Phi) is 3.73. The van der Waals surface area contributed by atoms with Gasteiger partial charge in [0.25, 0.3) is 0 Å². The molecule has 118 valence electrons. The van der Waals surface area contributed by atoms with Crippen LogP contribution in [-0.2, 0) is 6.18 Å². The third-order valence-corrected chi connectivity index (χ3v) is 3.52. The van der Waals surface area contributed by atoms with Gasteiger partial charge in [-0.3, -0.25) is 4.98 Å². The number of nitrogens with two attached hydrogens (primary N) is 1. The molecular formula is C15H10ClF3N4. The van der Waals surface area contributed by atoms with E-state index in [2.05, 4.69) is 10.1 Å². The molecule has 0 radical (unpaired) electrons. The Balaban J connectivity index is 2.06. The fraction of sp³-hybridized carbons (Fsp3) is 0.0667. The molecule has 0 saturated carbocycles. The Morgan fingerprint density at radius 2 is 1.78 bits per heavy atom. The number of anilines is 1. The lowest BCUT2D eigenvalue weighted by Gasteiger charge is -2.09. The van der Waals surface area contributed by atoms with Gasteiger partial charge in [0.2, 0.25) is 0 Å². The van der Waals surface area contributed by atoms with Crippen molar-refractivity contribution in [3.05, 3.63) is 59.4 Å². The lowest BCUT2D eigenvalue weighted by atomic mass is 10.1.